The van der Waals surface area contributed by atoms with Crippen molar-refractivity contribution >= 4 is 90.5 Å². The fraction of sp³-hybridized carbons (Fsp3) is 0.417. The van der Waals surface area contributed by atoms with E-state index < -0.39 is 45.7 Å². The molecule has 0 radical (unpaired) electrons. The van der Waals surface area contributed by atoms with Crippen LogP contribution in [0.2, 0.25) is 51.4 Å². The van der Waals surface area contributed by atoms with Crippen molar-refractivity contribution in [2.45, 2.75) is 211 Å². The molecule has 6 aliphatic rings. The molecule has 98 heavy (non-hydrogen) atoms. The molecule has 0 spiro atoms. The predicted molar refractivity (Wildman–Crippen MR) is 390 cm³/mol. The van der Waals surface area contributed by atoms with Crippen molar-refractivity contribution < 1.29 is 34.7 Å². The molecule has 0 saturated heterocycles. The Morgan fingerprint density at radius 1 is 0.459 bits per heavy atom. The van der Waals surface area contributed by atoms with Gasteiger partial charge >= 0.3 is 0 Å². The number of rotatable bonds is 20. The van der Waals surface area contributed by atoms with Crippen LogP contribution in [0, 0.1) is 0 Å². The number of anilines is 5. The first-order chi connectivity index (χ1) is 46.9. The van der Waals surface area contributed by atoms with E-state index in [2.05, 4.69) is 119 Å². The summed E-state index contributed by atoms with van der Waals surface area (Å²) in [6.07, 6.45) is 20.7. The van der Waals surface area contributed by atoms with Crippen molar-refractivity contribution in [2.75, 3.05) is 29.6 Å². The van der Waals surface area contributed by atoms with Gasteiger partial charge < -0.3 is 25.8 Å². The zero-order valence-electron chi connectivity index (χ0n) is 56.9. The summed E-state index contributed by atoms with van der Waals surface area (Å²) in [7, 11) is -13.7. The van der Waals surface area contributed by atoms with E-state index in [0.29, 0.717) is 25.1 Å². The van der Waals surface area contributed by atoms with E-state index >= 15 is 0 Å². The van der Waals surface area contributed by atoms with E-state index in [1.165, 1.54) is 127 Å². The van der Waals surface area contributed by atoms with Gasteiger partial charge in [0.25, 0.3) is 10.3 Å². The van der Waals surface area contributed by atoms with Crippen LogP contribution >= 0.6 is 15.9 Å². The summed E-state index contributed by atoms with van der Waals surface area (Å²) in [5, 5.41) is 21.8. The first kappa shape index (κ1) is 70.7. The van der Waals surface area contributed by atoms with Gasteiger partial charge in [-0.05, 0) is 247 Å². The van der Waals surface area contributed by atoms with Gasteiger partial charge in [-0.3, -0.25) is 0 Å². The summed E-state index contributed by atoms with van der Waals surface area (Å²) in [5.41, 5.74) is 26.5. The molecule has 3 aromatic heterocycles. The number of hydrogen-bond acceptors (Lipinski definition) is 17. The van der Waals surface area contributed by atoms with E-state index in [0.717, 1.165) is 106 Å². The lowest BCUT2D eigenvalue weighted by Crippen LogP contribution is -2.22. The zero-order valence-corrected chi connectivity index (χ0v) is 62.9. The molecule has 518 valence electrons. The molecule has 3 heterocycles. The minimum atomic E-state index is -3.85. The molecule has 0 aliphatic heterocycles. The first-order valence-electron chi connectivity index (χ1n) is 34.2. The highest BCUT2D eigenvalue weighted by Gasteiger charge is 2.32. The topological polar surface area (TPSA) is 274 Å². The molecule has 20 nitrogen and oxygen atoms in total. The minimum absolute atomic E-state index is 0.0472. The summed E-state index contributed by atoms with van der Waals surface area (Å²) < 4.78 is 92.1. The monoisotopic (exact) mass is 1480 g/mol. The van der Waals surface area contributed by atoms with Gasteiger partial charge in [0.05, 0.1) is 14.7 Å². The lowest BCUT2D eigenvalue weighted by Gasteiger charge is -2.15. The van der Waals surface area contributed by atoms with E-state index in [1.54, 1.807) is 78.9 Å². The molecule has 0 unspecified atom stereocenters. The van der Waals surface area contributed by atoms with Crippen LogP contribution in [-0.4, -0.2) is 99.3 Å². The largest absolute Gasteiger partial charge is 0.398 e. The quantitative estimate of drug-likeness (QED) is 0.0314. The first-order valence-corrected chi connectivity index (χ1v) is 46.9. The molecule has 15 rings (SSSR count). The third kappa shape index (κ3) is 16.2. The number of nitrogens with zero attached hydrogens (tertiary/aromatic N) is 8. The van der Waals surface area contributed by atoms with Gasteiger partial charge in [-0.25, -0.2) is 39.7 Å². The Hall–Kier alpha value is -7.18. The van der Waals surface area contributed by atoms with Gasteiger partial charge in [0.1, 0.15) is 13.5 Å². The fourth-order valence-corrected chi connectivity index (χ4v) is 19.6. The van der Waals surface area contributed by atoms with Crippen molar-refractivity contribution in [1.29, 1.82) is 0 Å². The van der Waals surface area contributed by atoms with Crippen LogP contribution in [0.15, 0.2) is 144 Å². The van der Waals surface area contributed by atoms with Crippen LogP contribution in [0.3, 0.4) is 0 Å². The number of hydrogen-bond donors (Lipinski definition) is 4. The molecule has 0 saturated carbocycles. The Kier molecular flexibility index (Phi) is 21.6. The number of benzene rings is 6. The van der Waals surface area contributed by atoms with Crippen molar-refractivity contribution in [2.24, 2.45) is 0 Å². The van der Waals surface area contributed by atoms with Gasteiger partial charge in [-0.1, -0.05) is 112 Å². The Balaban J connectivity index is 0.000000130. The van der Waals surface area contributed by atoms with Crippen LogP contribution < -0.4 is 16.4 Å². The maximum atomic E-state index is 13.5. The third-order valence-electron chi connectivity index (χ3n) is 19.0. The van der Waals surface area contributed by atoms with Crippen LogP contribution in [0.4, 0.5) is 29.0 Å². The minimum Gasteiger partial charge on any atom is -0.398 e. The SMILES string of the molecule is C[Si](C)(C)CCOCn1nc(Br)nc1S(=O)(=O)c1ccccc1.C[Si](C)(C)CCOCn1nc(Nc2c3c(cc4c2CCC4)CCC3)nc1S(=O)(=O)c1ccccc1.Nc1c2c(cc3c1CCC3)CCC2.O=S(=O)(c1ccccc1)c1nc(Nc2c3c(cc4c2CCC4)CCC3)n[nH]1. The second-order valence-corrected chi connectivity index (χ2v) is 46.0. The molecule has 0 bridgehead atoms. The van der Waals surface area contributed by atoms with Crippen molar-refractivity contribution in [3.05, 3.63) is 181 Å². The highest BCUT2D eigenvalue weighted by Crippen LogP contribution is 2.42. The number of fused-ring (bicyclic) bond motifs is 6. The van der Waals surface area contributed by atoms with E-state index in [1.807, 2.05) is 0 Å². The lowest BCUT2D eigenvalue weighted by atomic mass is 9.99. The summed E-state index contributed by atoms with van der Waals surface area (Å²) in [6.45, 7) is 14.9. The number of aromatic nitrogens is 9. The van der Waals surface area contributed by atoms with Crippen LogP contribution in [0.5, 0.6) is 0 Å². The second-order valence-electron chi connectivity index (χ2n) is 28.5. The van der Waals surface area contributed by atoms with Gasteiger partial charge in [0.15, 0.2) is 0 Å². The standard InChI is InChI=1S/C26H34N4O3SSi.C20H20N4O2S.C14H20BrN3O3SSi.C12H15N/c1-35(2,3)16-15-33-18-30-26(34(31,32)21-11-5-4-6-12-21)28-25(29-30)27-24-22-13-7-9-19(22)17-20-10-8-14-23(20)24;25-27(26,15-8-2-1-3-9-15)20-22-19(23-24-20)21-18-16-10-4-6-13(16)12-14-7-5-11-17(14)18;1-23(2,3)10-9-21-11-18-14(16-13(15)17-18)22(19,20)12-7-5-4-6-8-12;13-12-10-5-1-3-8(10)7-9-4-2-6-11(9)12/h4-6,11-12,17H,7-10,13-16,18H2,1-3H3,(H,27,29);1-3,8-9,12H,4-7,10-11H2,(H2,21,22,23,24);4-8H,9-11H2,1-3H3;7H,1-6,13H2. The molecule has 26 heteroatoms. The molecule has 9 aromatic rings. The Bertz CT molecular complexity index is 4620. The van der Waals surface area contributed by atoms with Crippen molar-refractivity contribution in [1.82, 2.24) is 44.7 Å². The summed E-state index contributed by atoms with van der Waals surface area (Å²) in [4.78, 5) is 13.3. The van der Waals surface area contributed by atoms with Crippen LogP contribution in [-0.2, 0) is 129 Å². The second kappa shape index (κ2) is 30.0. The number of halogens is 1. The molecule has 0 amide bonds. The number of ether oxygens (including phenoxy) is 2. The number of nitrogen functional groups attached to an aromatic ring is 1. The number of aryl methyl sites for hydroxylation is 6. The van der Waals surface area contributed by atoms with Crippen LogP contribution in [0.25, 0.3) is 0 Å². The predicted octanol–water partition coefficient (Wildman–Crippen LogP) is 13.9. The zero-order chi connectivity index (χ0) is 69.0. The van der Waals surface area contributed by atoms with E-state index in [-0.39, 0.29) is 48.4 Å². The smallest absolute Gasteiger partial charge is 0.254 e. The number of H-pyrrole nitrogens is 1. The highest BCUT2D eigenvalue weighted by atomic mass is 79.9. The van der Waals surface area contributed by atoms with Gasteiger partial charge in [0.2, 0.25) is 51.3 Å². The van der Waals surface area contributed by atoms with Crippen molar-refractivity contribution in [3.63, 3.8) is 0 Å². The highest BCUT2D eigenvalue weighted by molar-refractivity contribution is 9.10. The van der Waals surface area contributed by atoms with Gasteiger partial charge in [-0.15, -0.1) is 15.3 Å². The average Bonchev–Trinajstić information content (AvgIpc) is 1.62. The lowest BCUT2D eigenvalue weighted by molar-refractivity contribution is 0.0712. The maximum absolute atomic E-state index is 13.5. The average molecular weight is 1480 g/mol. The number of aromatic amines is 1. The molecule has 6 aromatic carbocycles. The maximum Gasteiger partial charge on any atom is 0.254 e. The molecule has 5 N–H and O–H groups in total. The fourth-order valence-electron chi connectivity index (χ4n) is 13.9. The summed E-state index contributed by atoms with van der Waals surface area (Å²) in [5.74, 6) is 0.613. The van der Waals surface area contributed by atoms with E-state index in [9.17, 15) is 25.3 Å². The molecular formula is C72H89BrN12O8S3Si2. The van der Waals surface area contributed by atoms with Crippen molar-refractivity contribution in [3.8, 4) is 0 Å². The Labute approximate surface area is 586 Å². The van der Waals surface area contributed by atoms with Gasteiger partial charge in [-0.2, -0.15) is 15.0 Å². The molecule has 0 atom stereocenters. The van der Waals surface area contributed by atoms with E-state index in [4.69, 9.17) is 15.2 Å². The summed E-state index contributed by atoms with van der Waals surface area (Å²) in [6, 6.07) is 34.0. The summed E-state index contributed by atoms with van der Waals surface area (Å²) >= 11 is 3.13. The Morgan fingerprint density at radius 3 is 1.20 bits per heavy atom. The Morgan fingerprint density at radius 2 is 0.806 bits per heavy atom. The third-order valence-corrected chi connectivity index (χ3v) is 27.6. The van der Waals surface area contributed by atoms with Crippen LogP contribution in [0.1, 0.15) is 105 Å². The molecule has 6 aliphatic carbocycles. The number of nitrogens with two attached hydrogens (primary N) is 1. The molecular weight excluding hydrogens is 1390 g/mol. The molecule has 0 fully saturated rings. The normalized spacial score (nSPS) is 15.2. The number of nitrogens with one attached hydrogen (secondary N) is 3. The van der Waals surface area contributed by atoms with Gasteiger partial charge in [0, 0.05) is 46.4 Å². The number of sulfone groups is 3.